The molecule has 0 bridgehead atoms. The number of esters is 1. The van der Waals surface area contributed by atoms with Gasteiger partial charge in [-0.1, -0.05) is 0 Å². The van der Waals surface area contributed by atoms with Crippen molar-refractivity contribution in [2.45, 2.75) is 6.92 Å². The molecular weight excluding hydrogens is 310 g/mol. The third-order valence-electron chi connectivity index (χ3n) is 1.99. The van der Waals surface area contributed by atoms with Crippen molar-refractivity contribution in [1.82, 2.24) is 4.98 Å². The lowest BCUT2D eigenvalue weighted by Crippen LogP contribution is -2.02. The topological polar surface area (TPSA) is 39.2 Å². The fraction of sp³-hybridized carbons (Fsp3) is 0.200. The predicted molar refractivity (Wildman–Crippen MR) is 69.2 cm³/mol. The number of hydrogen-bond acceptors (Lipinski definition) is 5. The lowest BCUT2D eigenvalue weighted by Gasteiger charge is -1.93. The number of ether oxygens (including phenoxy) is 1. The first-order valence-electron chi connectivity index (χ1n) is 4.42. The van der Waals surface area contributed by atoms with E-state index in [2.05, 4.69) is 25.7 Å². The van der Waals surface area contributed by atoms with Crippen molar-refractivity contribution < 1.29 is 9.53 Å². The largest absolute Gasteiger partial charge is 0.464 e. The molecule has 0 fully saturated rings. The van der Waals surface area contributed by atoms with Crippen molar-refractivity contribution in [2.75, 3.05) is 7.11 Å². The maximum atomic E-state index is 11.4. The Morgan fingerprint density at radius 3 is 2.88 bits per heavy atom. The van der Waals surface area contributed by atoms with E-state index in [1.165, 1.54) is 18.4 Å². The van der Waals surface area contributed by atoms with Gasteiger partial charge in [0, 0.05) is 9.35 Å². The first kappa shape index (κ1) is 11.8. The summed E-state index contributed by atoms with van der Waals surface area (Å²) in [6.07, 6.45) is 0. The Hall–Kier alpha value is -0.720. The van der Waals surface area contributed by atoms with Gasteiger partial charge in [-0.25, -0.2) is 9.78 Å². The van der Waals surface area contributed by atoms with Crippen molar-refractivity contribution >= 4 is 44.6 Å². The van der Waals surface area contributed by atoms with Crippen LogP contribution in [-0.4, -0.2) is 18.1 Å². The number of thiazole rings is 1. The van der Waals surface area contributed by atoms with Crippen LogP contribution in [0.1, 0.15) is 15.4 Å². The van der Waals surface area contributed by atoms with Crippen LogP contribution < -0.4 is 0 Å². The van der Waals surface area contributed by atoms with Gasteiger partial charge in [-0.3, -0.25) is 0 Å². The van der Waals surface area contributed by atoms with Gasteiger partial charge in [0.25, 0.3) is 0 Å². The molecule has 0 aliphatic heterocycles. The molecule has 16 heavy (non-hydrogen) atoms. The maximum absolute atomic E-state index is 11.4. The summed E-state index contributed by atoms with van der Waals surface area (Å²) < 4.78 is 5.68. The van der Waals surface area contributed by atoms with Gasteiger partial charge in [0.05, 0.1) is 12.0 Å². The zero-order valence-corrected chi connectivity index (χ0v) is 11.8. The van der Waals surface area contributed by atoms with E-state index in [1.807, 2.05) is 18.4 Å². The maximum Gasteiger partial charge on any atom is 0.357 e. The molecule has 2 rings (SSSR count). The number of hydrogen-bond donors (Lipinski definition) is 0. The van der Waals surface area contributed by atoms with Crippen LogP contribution in [0.2, 0.25) is 0 Å². The minimum atomic E-state index is -0.382. The van der Waals surface area contributed by atoms with Gasteiger partial charge in [-0.2, -0.15) is 0 Å². The van der Waals surface area contributed by atoms with Gasteiger partial charge in [0.15, 0.2) is 5.69 Å². The Kier molecular flexibility index (Phi) is 3.41. The summed E-state index contributed by atoms with van der Waals surface area (Å²) in [5.41, 5.74) is 0.405. The van der Waals surface area contributed by atoms with Crippen LogP contribution in [0.3, 0.4) is 0 Å². The number of rotatable bonds is 2. The SMILES string of the molecule is COC(=O)c1nc(-c2sccc2Br)sc1C. The molecular formula is C10H8BrNO2S2. The molecule has 0 saturated heterocycles. The Morgan fingerprint density at radius 2 is 2.31 bits per heavy atom. The molecule has 0 N–H and O–H groups in total. The zero-order valence-electron chi connectivity index (χ0n) is 8.61. The van der Waals surface area contributed by atoms with Gasteiger partial charge in [-0.05, 0) is 34.3 Å². The molecule has 84 valence electrons. The quantitative estimate of drug-likeness (QED) is 0.792. The second kappa shape index (κ2) is 4.65. The van der Waals surface area contributed by atoms with Crippen molar-refractivity contribution in [2.24, 2.45) is 0 Å². The normalized spacial score (nSPS) is 10.4. The Balaban J connectivity index is 2.46. The van der Waals surface area contributed by atoms with Crippen LogP contribution in [0.4, 0.5) is 0 Å². The van der Waals surface area contributed by atoms with E-state index in [9.17, 15) is 4.79 Å². The second-order valence-electron chi connectivity index (χ2n) is 3.01. The molecule has 3 nitrogen and oxygen atoms in total. The first-order valence-corrected chi connectivity index (χ1v) is 6.91. The zero-order chi connectivity index (χ0) is 11.7. The molecule has 2 heterocycles. The van der Waals surface area contributed by atoms with E-state index in [0.29, 0.717) is 5.69 Å². The number of aryl methyl sites for hydroxylation is 1. The number of carbonyl (C=O) groups excluding carboxylic acids is 1. The van der Waals surface area contributed by atoms with E-state index in [0.717, 1.165) is 19.2 Å². The van der Waals surface area contributed by atoms with Crippen LogP contribution in [-0.2, 0) is 4.74 Å². The first-order chi connectivity index (χ1) is 7.63. The average molecular weight is 318 g/mol. The van der Waals surface area contributed by atoms with Gasteiger partial charge in [0.2, 0.25) is 0 Å². The van der Waals surface area contributed by atoms with Crippen LogP contribution in [0.15, 0.2) is 15.9 Å². The summed E-state index contributed by atoms with van der Waals surface area (Å²) in [5, 5.41) is 2.83. The predicted octanol–water partition coefficient (Wildman–Crippen LogP) is 3.73. The van der Waals surface area contributed by atoms with E-state index in [1.54, 1.807) is 11.3 Å². The molecule has 0 aliphatic rings. The Labute approximate surface area is 109 Å². The molecule has 0 saturated carbocycles. The highest BCUT2D eigenvalue weighted by atomic mass is 79.9. The Morgan fingerprint density at radius 1 is 1.56 bits per heavy atom. The average Bonchev–Trinajstić information content (AvgIpc) is 2.83. The molecule has 0 amide bonds. The molecule has 0 atom stereocenters. The number of methoxy groups -OCH3 is 1. The van der Waals surface area contributed by atoms with E-state index >= 15 is 0 Å². The van der Waals surface area contributed by atoms with Crippen molar-refractivity contribution in [3.8, 4) is 9.88 Å². The fourth-order valence-corrected chi connectivity index (χ4v) is 3.92. The van der Waals surface area contributed by atoms with E-state index < -0.39 is 0 Å². The number of halogens is 1. The third-order valence-corrected chi connectivity index (χ3v) is 4.95. The minimum Gasteiger partial charge on any atom is -0.464 e. The molecule has 0 spiro atoms. The summed E-state index contributed by atoms with van der Waals surface area (Å²) in [4.78, 5) is 17.6. The molecule has 0 aliphatic carbocycles. The lowest BCUT2D eigenvalue weighted by atomic mass is 10.4. The van der Waals surface area contributed by atoms with Crippen LogP contribution in [0.5, 0.6) is 0 Å². The van der Waals surface area contributed by atoms with Crippen LogP contribution >= 0.6 is 38.6 Å². The van der Waals surface area contributed by atoms with Crippen molar-refractivity contribution in [1.29, 1.82) is 0 Å². The van der Waals surface area contributed by atoms with E-state index in [4.69, 9.17) is 0 Å². The van der Waals surface area contributed by atoms with E-state index in [-0.39, 0.29) is 5.97 Å². The smallest absolute Gasteiger partial charge is 0.357 e. The summed E-state index contributed by atoms with van der Waals surface area (Å²) >= 11 is 6.54. The number of aromatic nitrogens is 1. The molecule has 6 heteroatoms. The molecule has 2 aromatic heterocycles. The molecule has 0 radical (unpaired) electrons. The highest BCUT2D eigenvalue weighted by Gasteiger charge is 2.18. The van der Waals surface area contributed by atoms with Gasteiger partial charge >= 0.3 is 5.97 Å². The van der Waals surface area contributed by atoms with Gasteiger partial charge in [0.1, 0.15) is 5.01 Å². The highest BCUT2D eigenvalue weighted by Crippen LogP contribution is 2.36. The standard InChI is InChI=1S/C10H8BrNO2S2/c1-5-7(10(13)14-2)12-9(16-5)8-6(11)3-4-15-8/h3-4H,1-2H3. The number of nitrogens with zero attached hydrogens (tertiary/aromatic N) is 1. The Bertz CT molecular complexity index is 533. The highest BCUT2D eigenvalue weighted by molar-refractivity contribution is 9.10. The fourth-order valence-electron chi connectivity index (χ4n) is 1.23. The lowest BCUT2D eigenvalue weighted by molar-refractivity contribution is 0.0594. The number of carbonyl (C=O) groups is 1. The van der Waals surface area contributed by atoms with Crippen molar-refractivity contribution in [3.63, 3.8) is 0 Å². The molecule has 0 unspecified atom stereocenters. The number of thiophene rings is 1. The summed E-state index contributed by atoms with van der Waals surface area (Å²) in [7, 11) is 1.36. The third kappa shape index (κ3) is 2.05. The molecule has 0 aromatic carbocycles. The van der Waals surface area contributed by atoms with Gasteiger partial charge in [-0.15, -0.1) is 22.7 Å². The summed E-state index contributed by atoms with van der Waals surface area (Å²) in [5.74, 6) is -0.382. The molecule has 2 aromatic rings. The van der Waals surface area contributed by atoms with Crippen LogP contribution in [0, 0.1) is 6.92 Å². The second-order valence-corrected chi connectivity index (χ2v) is 5.99. The van der Waals surface area contributed by atoms with Gasteiger partial charge < -0.3 is 4.74 Å². The monoisotopic (exact) mass is 317 g/mol. The minimum absolute atomic E-state index is 0.382. The summed E-state index contributed by atoms with van der Waals surface area (Å²) in [6, 6.07) is 1.97. The van der Waals surface area contributed by atoms with Crippen LogP contribution in [0.25, 0.3) is 9.88 Å². The summed E-state index contributed by atoms with van der Waals surface area (Å²) in [6.45, 7) is 1.87. The van der Waals surface area contributed by atoms with Crippen molar-refractivity contribution in [3.05, 3.63) is 26.5 Å².